The van der Waals surface area contributed by atoms with Gasteiger partial charge in [0.1, 0.15) is 0 Å². The topological polar surface area (TPSA) is 109 Å². The van der Waals surface area contributed by atoms with Gasteiger partial charge < -0.3 is 10.2 Å². The smallest absolute Gasteiger partial charge is 0.309 e. The monoisotopic (exact) mass is 500 g/mol. The molecule has 0 amide bonds. The van der Waals surface area contributed by atoms with Gasteiger partial charge in [-0.2, -0.15) is 0 Å². The fourth-order valence-corrected chi connectivity index (χ4v) is 7.71. The molecular formula is C25H40O6S2. The van der Waals surface area contributed by atoms with Crippen molar-refractivity contribution in [1.29, 1.82) is 0 Å². The average molecular weight is 501 g/mol. The van der Waals surface area contributed by atoms with Crippen molar-refractivity contribution < 1.29 is 28.2 Å². The number of hydrogen-bond donors (Lipinski definition) is 2. The first-order chi connectivity index (χ1) is 15.3. The second-order valence-electron chi connectivity index (χ2n) is 10.7. The molecule has 0 bridgehead atoms. The molecule has 2 rings (SSSR count). The third-order valence-electron chi connectivity index (χ3n) is 7.00. The van der Waals surface area contributed by atoms with Crippen molar-refractivity contribution in [3.8, 4) is 0 Å². The summed E-state index contributed by atoms with van der Waals surface area (Å²) in [7, 11) is -2.01. The van der Waals surface area contributed by atoms with Gasteiger partial charge in [-0.3, -0.25) is 18.0 Å². The van der Waals surface area contributed by atoms with Crippen LogP contribution in [0.3, 0.4) is 0 Å². The number of hydrogen-bond acceptors (Lipinski definition) is 4. The first kappa shape index (κ1) is 28.0. The number of rotatable bonds is 14. The average Bonchev–Trinajstić information content (AvgIpc) is 3.25. The van der Waals surface area contributed by atoms with Crippen LogP contribution >= 0.6 is 0 Å². The van der Waals surface area contributed by atoms with E-state index in [2.05, 4.69) is 12.2 Å². The van der Waals surface area contributed by atoms with Gasteiger partial charge in [0.25, 0.3) is 0 Å². The summed E-state index contributed by atoms with van der Waals surface area (Å²) >= 11 is 0. The maximum Gasteiger partial charge on any atom is 0.309 e. The first-order valence-corrected chi connectivity index (χ1v) is 14.4. The van der Waals surface area contributed by atoms with E-state index >= 15 is 0 Å². The summed E-state index contributed by atoms with van der Waals surface area (Å²) in [4.78, 5) is 24.4. The van der Waals surface area contributed by atoms with Gasteiger partial charge in [-0.05, 0) is 85.5 Å². The van der Waals surface area contributed by atoms with E-state index in [1.165, 1.54) is 0 Å². The zero-order valence-electron chi connectivity index (χ0n) is 20.4. The third kappa shape index (κ3) is 7.88. The van der Waals surface area contributed by atoms with Gasteiger partial charge >= 0.3 is 11.9 Å². The van der Waals surface area contributed by atoms with Crippen LogP contribution in [-0.4, -0.2) is 41.1 Å². The minimum absolute atomic E-state index is 0.0869. The van der Waals surface area contributed by atoms with Crippen molar-refractivity contribution in [3.05, 3.63) is 22.0 Å². The van der Waals surface area contributed by atoms with E-state index in [4.69, 9.17) is 0 Å². The molecular weight excluding hydrogens is 460 g/mol. The number of carboxylic acids is 2. The zero-order chi connectivity index (χ0) is 24.8. The molecule has 33 heavy (non-hydrogen) atoms. The summed E-state index contributed by atoms with van der Waals surface area (Å²) in [5.74, 6) is -1.59. The Kier molecular flexibility index (Phi) is 10.1. The Hall–Kier alpha value is -1.28. The van der Waals surface area contributed by atoms with E-state index in [1.807, 2.05) is 0 Å². The molecule has 0 saturated heterocycles. The Morgan fingerprint density at radius 3 is 1.48 bits per heavy atom. The van der Waals surface area contributed by atoms with Gasteiger partial charge in [0.2, 0.25) is 0 Å². The molecule has 188 valence electrons. The van der Waals surface area contributed by atoms with Crippen molar-refractivity contribution >= 4 is 33.5 Å². The summed E-state index contributed by atoms with van der Waals surface area (Å²) < 4.78 is 25.6. The van der Waals surface area contributed by atoms with Crippen molar-refractivity contribution in [3.63, 3.8) is 0 Å². The summed E-state index contributed by atoms with van der Waals surface area (Å²) in [5, 5.41) is 18.6. The largest absolute Gasteiger partial charge is 0.481 e. The normalized spacial score (nSPS) is 25.7. The molecule has 8 heteroatoms. The second kappa shape index (κ2) is 11.9. The number of carboxylic acid groups (broad SMARTS) is 2. The highest BCUT2D eigenvalue weighted by molar-refractivity contribution is 7.90. The molecule has 0 saturated carbocycles. The molecule has 2 aliphatic rings. The van der Waals surface area contributed by atoms with E-state index in [1.54, 1.807) is 27.7 Å². The van der Waals surface area contributed by atoms with E-state index in [-0.39, 0.29) is 10.5 Å². The van der Waals surface area contributed by atoms with Crippen LogP contribution in [0, 0.1) is 10.8 Å². The van der Waals surface area contributed by atoms with Crippen molar-refractivity contribution in [2.45, 2.75) is 109 Å². The van der Waals surface area contributed by atoms with Crippen LogP contribution in [0.25, 0.3) is 0 Å². The van der Waals surface area contributed by atoms with Crippen LogP contribution in [0.4, 0.5) is 0 Å². The molecule has 2 aliphatic heterocycles. The van der Waals surface area contributed by atoms with Crippen LogP contribution in [0.2, 0.25) is 0 Å². The van der Waals surface area contributed by atoms with Crippen LogP contribution in [0.5, 0.6) is 0 Å². The standard InChI is InChI=1S/C25H40O6S2/c1-24(2,22(26)27)16-6-10-20-14-12-18(32(20)30)8-5-9-19-13-15-21(33(19)31)11-7-17-25(3,4)23(28)29/h12-13,20-21H,5-11,14-17H2,1-4H3,(H,26,27)(H,28,29). The number of aliphatic carboxylic acids is 2. The van der Waals surface area contributed by atoms with Crippen molar-refractivity contribution in [2.75, 3.05) is 0 Å². The fourth-order valence-electron chi connectivity index (χ4n) is 4.34. The highest BCUT2D eigenvalue weighted by atomic mass is 32.2. The summed E-state index contributed by atoms with van der Waals surface area (Å²) in [5.41, 5.74) is -1.49. The van der Waals surface area contributed by atoms with Crippen LogP contribution in [0.15, 0.2) is 22.0 Å². The summed E-state index contributed by atoms with van der Waals surface area (Å²) in [6.45, 7) is 6.92. The molecule has 0 aromatic rings. The Morgan fingerprint density at radius 2 is 1.15 bits per heavy atom. The highest BCUT2D eigenvalue weighted by Gasteiger charge is 2.31. The second-order valence-corrected chi connectivity index (χ2v) is 14.2. The van der Waals surface area contributed by atoms with Crippen molar-refractivity contribution in [2.24, 2.45) is 10.8 Å². The van der Waals surface area contributed by atoms with Gasteiger partial charge in [-0.1, -0.05) is 25.0 Å². The number of carbonyl (C=O) groups is 2. The fraction of sp³-hybridized carbons (Fsp3) is 0.760. The molecule has 0 aromatic heterocycles. The maximum absolute atomic E-state index is 12.8. The minimum Gasteiger partial charge on any atom is -0.481 e. The lowest BCUT2D eigenvalue weighted by atomic mass is 9.87. The predicted molar refractivity (Wildman–Crippen MR) is 134 cm³/mol. The van der Waals surface area contributed by atoms with Gasteiger partial charge in [0, 0.05) is 20.3 Å². The molecule has 0 aliphatic carbocycles. The lowest BCUT2D eigenvalue weighted by Crippen LogP contribution is -2.24. The van der Waals surface area contributed by atoms with Gasteiger partial charge in [-0.15, -0.1) is 0 Å². The van der Waals surface area contributed by atoms with E-state index < -0.39 is 44.4 Å². The first-order valence-electron chi connectivity index (χ1n) is 12.0. The SMILES string of the molecule is CC(C)(CCCC1CC=C(CCCC2=CCC(CCCC(C)(C)C(=O)O)S2=O)S1=O)C(=O)O. The lowest BCUT2D eigenvalue weighted by molar-refractivity contribution is -0.148. The molecule has 4 atom stereocenters. The third-order valence-corrected chi connectivity index (χ3v) is 10.8. The zero-order valence-corrected chi connectivity index (χ0v) is 22.1. The van der Waals surface area contributed by atoms with Crippen LogP contribution < -0.4 is 0 Å². The summed E-state index contributed by atoms with van der Waals surface area (Å²) in [6.07, 6.45) is 12.3. The molecule has 4 unspecified atom stereocenters. The Balaban J connectivity index is 1.68. The Labute approximate surface area is 203 Å². The Morgan fingerprint density at radius 1 is 0.788 bits per heavy atom. The van der Waals surface area contributed by atoms with E-state index in [9.17, 15) is 28.2 Å². The van der Waals surface area contributed by atoms with Gasteiger partial charge in [-0.25, -0.2) is 0 Å². The molecule has 0 fully saturated rings. The molecule has 6 nitrogen and oxygen atoms in total. The molecule has 0 aromatic carbocycles. The Bertz CT molecular complexity index is 772. The highest BCUT2D eigenvalue weighted by Crippen LogP contribution is 2.34. The molecule has 2 N–H and O–H groups in total. The summed E-state index contributed by atoms with van der Waals surface area (Å²) in [6, 6.07) is 0. The van der Waals surface area contributed by atoms with Crippen molar-refractivity contribution in [1.82, 2.24) is 0 Å². The van der Waals surface area contributed by atoms with Crippen LogP contribution in [0.1, 0.15) is 98.3 Å². The van der Waals surface area contributed by atoms with Gasteiger partial charge in [0.05, 0.1) is 32.4 Å². The molecule has 2 heterocycles. The minimum atomic E-state index is -1.00. The lowest BCUT2D eigenvalue weighted by Gasteiger charge is -2.20. The quantitative estimate of drug-likeness (QED) is 0.325. The number of allylic oxidation sites excluding steroid dienone is 4. The van der Waals surface area contributed by atoms with E-state index in [0.717, 1.165) is 67.6 Å². The molecule has 0 radical (unpaired) electrons. The van der Waals surface area contributed by atoms with E-state index in [0.29, 0.717) is 12.8 Å². The predicted octanol–water partition coefficient (Wildman–Crippen LogP) is 5.53. The molecule has 0 spiro atoms. The maximum atomic E-state index is 12.8. The van der Waals surface area contributed by atoms with Crippen LogP contribution in [-0.2, 0) is 31.2 Å². The van der Waals surface area contributed by atoms with Gasteiger partial charge in [0.15, 0.2) is 0 Å².